The molecule has 4 rings (SSSR count). The Labute approximate surface area is 170 Å². The summed E-state index contributed by atoms with van der Waals surface area (Å²) in [5, 5.41) is 2.93. The van der Waals surface area contributed by atoms with Crippen LogP contribution in [0.25, 0.3) is 0 Å². The summed E-state index contributed by atoms with van der Waals surface area (Å²) in [6, 6.07) is 12.5. The second-order valence-corrected chi connectivity index (χ2v) is 7.92. The smallest absolute Gasteiger partial charge is 0.255 e. The molecule has 0 unspecified atom stereocenters. The molecule has 2 aromatic carbocycles. The number of fused-ring (bicyclic) bond motifs is 1. The number of carbonyl (C=O) groups excluding carboxylic acids is 3. The summed E-state index contributed by atoms with van der Waals surface area (Å²) in [4.78, 5) is 40.0. The molecule has 3 amide bonds. The molecule has 1 aliphatic carbocycles. The first-order chi connectivity index (χ1) is 13.9. The molecule has 0 spiro atoms. The van der Waals surface area contributed by atoms with E-state index >= 15 is 0 Å². The quantitative estimate of drug-likeness (QED) is 0.631. The highest BCUT2D eigenvalue weighted by Crippen LogP contribution is 2.40. The zero-order valence-corrected chi connectivity index (χ0v) is 16.8. The summed E-state index contributed by atoms with van der Waals surface area (Å²) in [5.74, 6) is -1.22. The van der Waals surface area contributed by atoms with Crippen molar-refractivity contribution in [1.29, 1.82) is 0 Å². The van der Waals surface area contributed by atoms with Gasteiger partial charge in [0.2, 0.25) is 11.8 Å². The van der Waals surface area contributed by atoms with Crippen molar-refractivity contribution < 1.29 is 14.4 Å². The number of anilines is 2. The molecule has 0 aromatic heterocycles. The lowest BCUT2D eigenvalue weighted by atomic mass is 9.78. The van der Waals surface area contributed by atoms with Crippen LogP contribution in [0.1, 0.15) is 34.8 Å². The van der Waals surface area contributed by atoms with Crippen LogP contribution in [0.4, 0.5) is 11.4 Å². The van der Waals surface area contributed by atoms with E-state index in [2.05, 4.69) is 5.32 Å². The van der Waals surface area contributed by atoms with Crippen LogP contribution in [0.3, 0.4) is 0 Å². The van der Waals surface area contributed by atoms with Crippen molar-refractivity contribution in [2.24, 2.45) is 17.8 Å². The fraction of sp³-hybridized carbons (Fsp3) is 0.292. The Morgan fingerprint density at radius 2 is 1.83 bits per heavy atom. The van der Waals surface area contributed by atoms with Crippen LogP contribution in [0.15, 0.2) is 54.6 Å². The van der Waals surface area contributed by atoms with Crippen molar-refractivity contribution in [1.82, 2.24) is 0 Å². The average molecular weight is 388 g/mol. The van der Waals surface area contributed by atoms with Crippen molar-refractivity contribution in [3.05, 3.63) is 71.3 Å². The Bertz CT molecular complexity index is 1040. The van der Waals surface area contributed by atoms with Gasteiger partial charge in [-0.05, 0) is 61.6 Å². The van der Waals surface area contributed by atoms with E-state index in [0.717, 1.165) is 16.8 Å². The molecule has 0 saturated carbocycles. The number of carbonyl (C=O) groups is 3. The molecule has 1 aliphatic heterocycles. The van der Waals surface area contributed by atoms with Crippen molar-refractivity contribution in [3.8, 4) is 0 Å². The van der Waals surface area contributed by atoms with Gasteiger partial charge in [0, 0.05) is 11.3 Å². The van der Waals surface area contributed by atoms with E-state index in [0.29, 0.717) is 17.7 Å². The zero-order chi connectivity index (χ0) is 20.7. The number of rotatable bonds is 3. The molecule has 1 N–H and O–H groups in total. The van der Waals surface area contributed by atoms with Gasteiger partial charge in [-0.15, -0.1) is 0 Å². The van der Waals surface area contributed by atoms with Gasteiger partial charge in [-0.25, -0.2) is 0 Å². The standard InChI is InChI=1S/C24H24N2O3/c1-14-7-5-12-20(16(14)3)25-22(27)17-9-6-10-18(13-17)26-23(28)19-11-4-8-15(2)21(19)24(26)29/h4-10,12-13,15,19,21H,11H2,1-3H3,(H,25,27)/t15-,19+,21+/m1/s1. The van der Waals surface area contributed by atoms with E-state index in [1.54, 1.807) is 24.3 Å². The second kappa shape index (κ2) is 7.32. The van der Waals surface area contributed by atoms with E-state index in [-0.39, 0.29) is 35.5 Å². The minimum Gasteiger partial charge on any atom is -0.322 e. The van der Waals surface area contributed by atoms with Crippen LogP contribution in [0.2, 0.25) is 0 Å². The molecule has 1 saturated heterocycles. The molecule has 2 aliphatic rings. The fourth-order valence-electron chi connectivity index (χ4n) is 4.27. The largest absolute Gasteiger partial charge is 0.322 e. The van der Waals surface area contributed by atoms with Crippen LogP contribution in [0.5, 0.6) is 0 Å². The van der Waals surface area contributed by atoms with E-state index in [1.807, 2.05) is 51.1 Å². The maximum Gasteiger partial charge on any atom is 0.255 e. The number of allylic oxidation sites excluding steroid dienone is 2. The van der Waals surface area contributed by atoms with Crippen molar-refractivity contribution >= 4 is 29.1 Å². The average Bonchev–Trinajstić information content (AvgIpc) is 2.97. The minimum absolute atomic E-state index is 0.0333. The molecule has 1 fully saturated rings. The van der Waals surface area contributed by atoms with E-state index in [1.165, 1.54) is 4.90 Å². The number of hydrogen-bond acceptors (Lipinski definition) is 3. The molecular formula is C24H24N2O3. The second-order valence-electron chi connectivity index (χ2n) is 7.92. The first-order valence-electron chi connectivity index (χ1n) is 9.90. The number of benzene rings is 2. The zero-order valence-electron chi connectivity index (χ0n) is 16.8. The molecule has 1 heterocycles. The summed E-state index contributed by atoms with van der Waals surface area (Å²) in [6.07, 6.45) is 4.57. The SMILES string of the molecule is Cc1cccc(NC(=O)c2cccc(N3C(=O)[C@H]4[C@H](C)C=CC[C@@H]4C3=O)c2)c1C. The van der Waals surface area contributed by atoms with Gasteiger partial charge in [0.25, 0.3) is 5.91 Å². The summed E-state index contributed by atoms with van der Waals surface area (Å²) in [7, 11) is 0. The molecule has 5 nitrogen and oxygen atoms in total. The van der Waals surface area contributed by atoms with Gasteiger partial charge in [-0.2, -0.15) is 0 Å². The van der Waals surface area contributed by atoms with Crippen molar-refractivity contribution in [2.75, 3.05) is 10.2 Å². The molecular weight excluding hydrogens is 364 g/mol. The number of hydrogen-bond donors (Lipinski definition) is 1. The molecule has 2 aromatic rings. The highest BCUT2D eigenvalue weighted by atomic mass is 16.2. The van der Waals surface area contributed by atoms with Crippen molar-refractivity contribution in [2.45, 2.75) is 27.2 Å². The van der Waals surface area contributed by atoms with E-state index in [4.69, 9.17) is 0 Å². The van der Waals surface area contributed by atoms with Crippen LogP contribution < -0.4 is 10.2 Å². The third kappa shape index (κ3) is 3.27. The van der Waals surface area contributed by atoms with E-state index in [9.17, 15) is 14.4 Å². The van der Waals surface area contributed by atoms with Gasteiger partial charge in [0.1, 0.15) is 0 Å². The molecule has 29 heavy (non-hydrogen) atoms. The minimum atomic E-state index is -0.320. The lowest BCUT2D eigenvalue weighted by Gasteiger charge is -2.22. The fourth-order valence-corrected chi connectivity index (χ4v) is 4.27. The van der Waals surface area contributed by atoms with Crippen molar-refractivity contribution in [3.63, 3.8) is 0 Å². The highest BCUT2D eigenvalue weighted by Gasteiger charge is 2.50. The first-order valence-corrected chi connectivity index (χ1v) is 9.90. The Morgan fingerprint density at radius 1 is 1.07 bits per heavy atom. The summed E-state index contributed by atoms with van der Waals surface area (Å²) < 4.78 is 0. The van der Waals surface area contributed by atoms with Gasteiger partial charge in [-0.1, -0.05) is 37.3 Å². The van der Waals surface area contributed by atoms with Gasteiger partial charge in [-0.3, -0.25) is 19.3 Å². The summed E-state index contributed by atoms with van der Waals surface area (Å²) >= 11 is 0. The Kier molecular flexibility index (Phi) is 4.82. The van der Waals surface area contributed by atoms with Gasteiger partial charge < -0.3 is 5.32 Å². The molecule has 5 heteroatoms. The predicted octanol–water partition coefficient (Wildman–Crippen LogP) is 4.26. The lowest BCUT2D eigenvalue weighted by Crippen LogP contribution is -2.31. The van der Waals surface area contributed by atoms with Gasteiger partial charge in [0.05, 0.1) is 17.5 Å². The van der Waals surface area contributed by atoms with Gasteiger partial charge >= 0.3 is 0 Å². The predicted molar refractivity (Wildman–Crippen MR) is 113 cm³/mol. The normalized spacial score (nSPS) is 23.3. The monoisotopic (exact) mass is 388 g/mol. The van der Waals surface area contributed by atoms with Gasteiger partial charge in [0.15, 0.2) is 0 Å². The topological polar surface area (TPSA) is 66.5 Å². The molecule has 0 radical (unpaired) electrons. The van der Waals surface area contributed by atoms with E-state index < -0.39 is 0 Å². The molecule has 3 atom stereocenters. The number of nitrogens with zero attached hydrogens (tertiary/aromatic N) is 1. The number of nitrogens with one attached hydrogen (secondary N) is 1. The molecule has 148 valence electrons. The number of imide groups is 1. The van der Waals surface area contributed by atoms with Crippen LogP contribution >= 0.6 is 0 Å². The Balaban J connectivity index is 1.61. The maximum atomic E-state index is 13.0. The van der Waals surface area contributed by atoms with Crippen LogP contribution in [-0.2, 0) is 9.59 Å². The first kappa shape index (κ1) is 19.1. The summed E-state index contributed by atoms with van der Waals surface area (Å²) in [6.45, 7) is 5.92. The third-order valence-corrected chi connectivity index (χ3v) is 6.09. The number of amides is 3. The Morgan fingerprint density at radius 3 is 2.59 bits per heavy atom. The van der Waals surface area contributed by atoms with Crippen LogP contribution in [0, 0.1) is 31.6 Å². The van der Waals surface area contributed by atoms with Crippen LogP contribution in [-0.4, -0.2) is 17.7 Å². The summed E-state index contributed by atoms with van der Waals surface area (Å²) in [5.41, 5.74) is 3.71. The lowest BCUT2D eigenvalue weighted by molar-refractivity contribution is -0.122. The Hall–Kier alpha value is -3.21. The molecule has 0 bridgehead atoms. The maximum absolute atomic E-state index is 13.0. The third-order valence-electron chi connectivity index (χ3n) is 6.09. The highest BCUT2D eigenvalue weighted by molar-refractivity contribution is 6.22. The number of aryl methyl sites for hydroxylation is 1.